The van der Waals surface area contributed by atoms with Gasteiger partial charge in [0.05, 0.1) is 6.34 Å². The first-order valence-corrected chi connectivity index (χ1v) is 3.59. The maximum absolute atomic E-state index is 6.94. The van der Waals surface area contributed by atoms with E-state index in [1.807, 2.05) is 4.90 Å². The molecule has 0 fully saturated rings. The molecule has 0 rings (SSSR count). The average molecular weight is 128 g/mol. The summed E-state index contributed by atoms with van der Waals surface area (Å²) in [5, 5.41) is 6.94. The summed E-state index contributed by atoms with van der Waals surface area (Å²) in [4.78, 5) is 2.00. The van der Waals surface area contributed by atoms with E-state index in [0.29, 0.717) is 0 Å². The zero-order valence-electron chi connectivity index (χ0n) is 6.35. The molecular formula is C7H16N2. The second-order valence-corrected chi connectivity index (χ2v) is 2.11. The van der Waals surface area contributed by atoms with Gasteiger partial charge >= 0.3 is 0 Å². The third-order valence-electron chi connectivity index (χ3n) is 1.39. The molecule has 0 aromatic carbocycles. The predicted molar refractivity (Wildman–Crippen MR) is 40.9 cm³/mol. The minimum atomic E-state index is 0.962. The smallest absolute Gasteiger partial charge is 0.0817 e. The molecule has 9 heavy (non-hydrogen) atoms. The zero-order valence-corrected chi connectivity index (χ0v) is 6.35. The van der Waals surface area contributed by atoms with Crippen LogP contribution in [0.2, 0.25) is 0 Å². The van der Waals surface area contributed by atoms with Crippen LogP contribution >= 0.6 is 0 Å². The van der Waals surface area contributed by atoms with E-state index in [4.69, 9.17) is 5.41 Å². The molecule has 0 aliphatic rings. The normalized spacial score (nSPS) is 9.11. The first-order valence-electron chi connectivity index (χ1n) is 3.59. The molecule has 0 saturated carbocycles. The van der Waals surface area contributed by atoms with Crippen LogP contribution in [0.3, 0.4) is 0 Å². The van der Waals surface area contributed by atoms with E-state index in [9.17, 15) is 0 Å². The second kappa shape index (κ2) is 5.60. The lowest BCUT2D eigenvalue weighted by Crippen LogP contribution is -2.21. The highest BCUT2D eigenvalue weighted by Gasteiger charge is 1.91. The van der Waals surface area contributed by atoms with Gasteiger partial charge in [-0.1, -0.05) is 13.3 Å². The zero-order chi connectivity index (χ0) is 7.11. The van der Waals surface area contributed by atoms with Crippen LogP contribution in [0.4, 0.5) is 0 Å². The van der Waals surface area contributed by atoms with Gasteiger partial charge in [-0.15, -0.1) is 0 Å². The molecule has 0 atom stereocenters. The molecule has 0 bridgehead atoms. The Labute approximate surface area is 57.4 Å². The Morgan fingerprint density at radius 1 is 1.44 bits per heavy atom. The van der Waals surface area contributed by atoms with Crippen LogP contribution in [-0.4, -0.2) is 24.3 Å². The van der Waals surface area contributed by atoms with E-state index in [-0.39, 0.29) is 0 Å². The fraction of sp³-hybridized carbons (Fsp3) is 0.857. The third-order valence-corrected chi connectivity index (χ3v) is 1.39. The Morgan fingerprint density at radius 2 is 2.11 bits per heavy atom. The lowest BCUT2D eigenvalue weighted by Gasteiger charge is -2.14. The van der Waals surface area contributed by atoms with E-state index in [0.717, 1.165) is 13.1 Å². The first-order chi connectivity index (χ1) is 4.35. The number of hydrogen-bond donors (Lipinski definition) is 1. The highest BCUT2D eigenvalue weighted by Crippen LogP contribution is 1.90. The molecule has 2 nitrogen and oxygen atoms in total. The van der Waals surface area contributed by atoms with Crippen LogP contribution in [0, 0.1) is 5.41 Å². The summed E-state index contributed by atoms with van der Waals surface area (Å²) in [7, 11) is 0. The van der Waals surface area contributed by atoms with Crippen molar-refractivity contribution in [2.45, 2.75) is 26.7 Å². The van der Waals surface area contributed by atoms with E-state index in [1.165, 1.54) is 19.2 Å². The average Bonchev–Trinajstić information content (AvgIpc) is 1.91. The van der Waals surface area contributed by atoms with Crippen LogP contribution in [0.25, 0.3) is 0 Å². The van der Waals surface area contributed by atoms with Gasteiger partial charge in [-0.2, -0.15) is 0 Å². The van der Waals surface area contributed by atoms with Gasteiger partial charge in [-0.25, -0.2) is 0 Å². The molecule has 0 aliphatic heterocycles. The Bertz CT molecular complexity index is 71.3. The van der Waals surface area contributed by atoms with Crippen molar-refractivity contribution in [3.8, 4) is 0 Å². The molecule has 1 N–H and O–H groups in total. The molecule has 0 heterocycles. The summed E-state index contributed by atoms with van der Waals surface area (Å²) in [5.41, 5.74) is 0. The molecule has 0 radical (unpaired) electrons. The summed E-state index contributed by atoms with van der Waals surface area (Å²) in [5.74, 6) is 0. The van der Waals surface area contributed by atoms with Gasteiger partial charge < -0.3 is 4.90 Å². The molecule has 0 unspecified atom stereocenters. The van der Waals surface area contributed by atoms with Crippen LogP contribution in [0.15, 0.2) is 0 Å². The maximum Gasteiger partial charge on any atom is 0.0817 e. The molecular weight excluding hydrogens is 112 g/mol. The topological polar surface area (TPSA) is 27.1 Å². The predicted octanol–water partition coefficient (Wildman–Crippen LogP) is 1.72. The Hall–Kier alpha value is -0.530. The van der Waals surface area contributed by atoms with E-state index in [2.05, 4.69) is 13.8 Å². The van der Waals surface area contributed by atoms with Gasteiger partial charge in [0.25, 0.3) is 0 Å². The van der Waals surface area contributed by atoms with Crippen molar-refractivity contribution in [3.63, 3.8) is 0 Å². The number of nitrogens with zero attached hydrogens (tertiary/aromatic N) is 1. The molecule has 2 heteroatoms. The minimum absolute atomic E-state index is 0.962. The molecule has 0 saturated heterocycles. The van der Waals surface area contributed by atoms with Crippen molar-refractivity contribution >= 4 is 6.34 Å². The summed E-state index contributed by atoms with van der Waals surface area (Å²) in [6.07, 6.45) is 3.82. The van der Waals surface area contributed by atoms with Crippen molar-refractivity contribution in [2.75, 3.05) is 13.1 Å². The van der Waals surface area contributed by atoms with E-state index in [1.54, 1.807) is 0 Å². The van der Waals surface area contributed by atoms with Gasteiger partial charge in [0.2, 0.25) is 0 Å². The fourth-order valence-electron chi connectivity index (χ4n) is 0.675. The largest absolute Gasteiger partial charge is 0.363 e. The van der Waals surface area contributed by atoms with E-state index < -0.39 is 0 Å². The number of rotatable bonds is 5. The van der Waals surface area contributed by atoms with Crippen molar-refractivity contribution in [1.82, 2.24) is 4.90 Å². The SMILES string of the molecule is CCCCN(C=N)CC. The van der Waals surface area contributed by atoms with Crippen molar-refractivity contribution in [1.29, 1.82) is 5.41 Å². The number of unbranched alkanes of at least 4 members (excludes halogenated alkanes) is 1. The molecule has 0 aliphatic carbocycles. The van der Waals surface area contributed by atoms with Crippen LogP contribution in [0.1, 0.15) is 26.7 Å². The van der Waals surface area contributed by atoms with Gasteiger partial charge in [-0.3, -0.25) is 5.41 Å². The fourth-order valence-corrected chi connectivity index (χ4v) is 0.675. The van der Waals surface area contributed by atoms with Gasteiger partial charge in [0, 0.05) is 13.1 Å². The summed E-state index contributed by atoms with van der Waals surface area (Å²) >= 11 is 0. The lowest BCUT2D eigenvalue weighted by molar-refractivity contribution is 0.438. The number of nitrogens with one attached hydrogen (secondary N) is 1. The van der Waals surface area contributed by atoms with Crippen molar-refractivity contribution in [3.05, 3.63) is 0 Å². The van der Waals surface area contributed by atoms with Crippen LogP contribution in [-0.2, 0) is 0 Å². The summed E-state index contributed by atoms with van der Waals surface area (Å²) in [6, 6.07) is 0. The maximum atomic E-state index is 6.94. The van der Waals surface area contributed by atoms with Gasteiger partial charge in [-0.05, 0) is 13.3 Å². The quantitative estimate of drug-likeness (QED) is 0.443. The third kappa shape index (κ3) is 4.01. The molecule has 0 aromatic heterocycles. The van der Waals surface area contributed by atoms with Crippen molar-refractivity contribution in [2.24, 2.45) is 0 Å². The Balaban J connectivity index is 3.20. The number of hydrogen-bond acceptors (Lipinski definition) is 1. The van der Waals surface area contributed by atoms with Crippen LogP contribution < -0.4 is 0 Å². The Morgan fingerprint density at radius 3 is 2.44 bits per heavy atom. The standard InChI is InChI=1S/C7H16N2/c1-3-5-6-9(4-2)7-8/h7-8H,3-6H2,1-2H3. The molecule has 0 spiro atoms. The molecule has 0 aromatic rings. The molecule has 54 valence electrons. The van der Waals surface area contributed by atoms with Crippen molar-refractivity contribution < 1.29 is 0 Å². The van der Waals surface area contributed by atoms with Crippen LogP contribution in [0.5, 0.6) is 0 Å². The second-order valence-electron chi connectivity index (χ2n) is 2.11. The highest BCUT2D eigenvalue weighted by atomic mass is 15.1. The van der Waals surface area contributed by atoms with E-state index >= 15 is 0 Å². The van der Waals surface area contributed by atoms with Gasteiger partial charge in [0.15, 0.2) is 0 Å². The monoisotopic (exact) mass is 128 g/mol. The molecule has 0 amide bonds. The summed E-state index contributed by atoms with van der Waals surface area (Å²) < 4.78 is 0. The summed E-state index contributed by atoms with van der Waals surface area (Å²) in [6.45, 7) is 6.23. The Kier molecular flexibility index (Phi) is 5.27. The van der Waals surface area contributed by atoms with Gasteiger partial charge in [0.1, 0.15) is 0 Å². The first kappa shape index (κ1) is 8.47. The minimum Gasteiger partial charge on any atom is -0.363 e. The highest BCUT2D eigenvalue weighted by molar-refractivity contribution is 5.50. The lowest BCUT2D eigenvalue weighted by atomic mass is 10.3.